The molecule has 0 aliphatic heterocycles. The van der Waals surface area contributed by atoms with E-state index in [1.807, 2.05) is 12.1 Å². The Kier molecular flexibility index (Phi) is 13.7. The molecule has 2 aromatic carbocycles. The van der Waals surface area contributed by atoms with Gasteiger partial charge in [0.05, 0.1) is 30.5 Å². The first-order chi connectivity index (χ1) is 24.8. The summed E-state index contributed by atoms with van der Waals surface area (Å²) >= 11 is -1.49. The predicted octanol–water partition coefficient (Wildman–Crippen LogP) is 9.72. The van der Waals surface area contributed by atoms with Crippen LogP contribution in [0.4, 0.5) is 10.2 Å². The molecule has 2 heterocycles. The lowest BCUT2D eigenvalue weighted by Crippen LogP contribution is -2.43. The van der Waals surface area contributed by atoms with E-state index in [1.165, 1.54) is 19.4 Å². The van der Waals surface area contributed by atoms with Crippen molar-refractivity contribution in [3.05, 3.63) is 41.7 Å². The van der Waals surface area contributed by atoms with E-state index in [2.05, 4.69) is 97.2 Å². The summed E-state index contributed by atoms with van der Waals surface area (Å²) in [6.07, 6.45) is 1.54. The largest absolute Gasteiger partial charge is 0.609 e. The van der Waals surface area contributed by atoms with Crippen LogP contribution in [0.5, 0.6) is 11.6 Å². The molecule has 4 aromatic rings. The minimum atomic E-state index is -2.22. The predicted molar refractivity (Wildman–Crippen MR) is 221 cm³/mol. The highest BCUT2D eigenvalue weighted by Gasteiger charge is 2.42. The summed E-state index contributed by atoms with van der Waals surface area (Å²) in [6, 6.07) is 8.64. The average Bonchev–Trinajstić information content (AvgIpc) is 3.08. The average molecular weight is 781 g/mol. The first kappa shape index (κ1) is 42.5. The molecule has 0 saturated heterocycles. The molecule has 1 unspecified atom stereocenters. The van der Waals surface area contributed by atoms with Gasteiger partial charge in [-0.15, -0.1) is 5.54 Å². The summed E-state index contributed by atoms with van der Waals surface area (Å²) in [5.74, 6) is 4.18. The molecule has 9 nitrogen and oxygen atoms in total. The number of benzene rings is 2. The van der Waals surface area contributed by atoms with E-state index in [1.54, 1.807) is 19.2 Å². The molecule has 0 fully saturated rings. The van der Waals surface area contributed by atoms with Crippen molar-refractivity contribution in [1.82, 2.24) is 15.0 Å². The Balaban J connectivity index is 1.99. The van der Waals surface area contributed by atoms with Crippen LogP contribution in [-0.4, -0.2) is 76.3 Å². The van der Waals surface area contributed by atoms with Gasteiger partial charge in [-0.2, -0.15) is 9.97 Å². The number of hydrogen-bond donors (Lipinski definition) is 1. The Hall–Kier alpha value is -3.26. The molecular formula is C40H57FN4O5SSi2. The van der Waals surface area contributed by atoms with Crippen LogP contribution >= 0.6 is 0 Å². The van der Waals surface area contributed by atoms with Gasteiger partial charge in [0.2, 0.25) is 5.88 Å². The van der Waals surface area contributed by atoms with Crippen molar-refractivity contribution >= 4 is 55.1 Å². The van der Waals surface area contributed by atoms with Gasteiger partial charge in [-0.1, -0.05) is 74.3 Å². The second-order valence-electron chi connectivity index (χ2n) is 15.9. The van der Waals surface area contributed by atoms with Crippen LogP contribution in [0.3, 0.4) is 0 Å². The lowest BCUT2D eigenvalue weighted by Gasteiger charge is -2.38. The molecule has 0 saturated carbocycles. The highest BCUT2D eigenvalue weighted by Crippen LogP contribution is 2.43. The summed E-state index contributed by atoms with van der Waals surface area (Å²) in [4.78, 5) is 14.3. The number of pyridine rings is 1. The normalized spacial score (nSPS) is 13.2. The van der Waals surface area contributed by atoms with E-state index in [0.717, 1.165) is 5.39 Å². The van der Waals surface area contributed by atoms with Crippen LogP contribution in [-0.2, 0) is 20.3 Å². The number of ether oxygens (including phenoxy) is 3. The van der Waals surface area contributed by atoms with Crippen LogP contribution in [0.2, 0.25) is 34.8 Å². The number of rotatable bonds is 14. The summed E-state index contributed by atoms with van der Waals surface area (Å²) in [7, 11) is -1.11. The van der Waals surface area contributed by atoms with Gasteiger partial charge < -0.3 is 28.5 Å². The monoisotopic (exact) mass is 780 g/mol. The number of fused-ring (bicyclic) bond motifs is 2. The third kappa shape index (κ3) is 9.01. The smallest absolute Gasteiger partial charge is 0.344 e. The van der Waals surface area contributed by atoms with Crippen molar-refractivity contribution in [2.24, 2.45) is 0 Å². The highest BCUT2D eigenvalue weighted by molar-refractivity contribution is 7.90. The van der Waals surface area contributed by atoms with Crippen LogP contribution in [0, 0.1) is 17.3 Å². The van der Waals surface area contributed by atoms with Crippen molar-refractivity contribution in [3.8, 4) is 34.4 Å². The molecule has 0 bridgehead atoms. The number of nitrogens with zero attached hydrogens (tertiary/aromatic N) is 3. The van der Waals surface area contributed by atoms with Crippen molar-refractivity contribution in [2.75, 3.05) is 45.7 Å². The van der Waals surface area contributed by atoms with Gasteiger partial charge in [0, 0.05) is 35.8 Å². The molecule has 0 aliphatic rings. The van der Waals surface area contributed by atoms with Crippen LogP contribution in [0.15, 0.2) is 35.5 Å². The summed E-state index contributed by atoms with van der Waals surface area (Å²) in [6.45, 7) is 25.4. The number of hydrogen-bond acceptors (Lipinski definition) is 9. The van der Waals surface area contributed by atoms with Crippen molar-refractivity contribution < 1.29 is 27.6 Å². The molecule has 13 heteroatoms. The molecule has 53 heavy (non-hydrogen) atoms. The Labute approximate surface area is 320 Å². The van der Waals surface area contributed by atoms with Crippen LogP contribution < -0.4 is 14.8 Å². The Morgan fingerprint density at radius 2 is 1.60 bits per heavy atom. The van der Waals surface area contributed by atoms with Gasteiger partial charge in [0.25, 0.3) is 0 Å². The summed E-state index contributed by atoms with van der Waals surface area (Å²) in [5, 5.41) is 5.45. The third-order valence-electron chi connectivity index (χ3n) is 10.7. The van der Waals surface area contributed by atoms with Gasteiger partial charge in [-0.25, -0.2) is 9.37 Å². The van der Waals surface area contributed by atoms with Crippen molar-refractivity contribution in [1.29, 1.82) is 0 Å². The summed E-state index contributed by atoms with van der Waals surface area (Å²) in [5.41, 5.74) is 6.62. The molecule has 1 atom stereocenters. The quantitative estimate of drug-likeness (QED) is 0.0334. The van der Waals surface area contributed by atoms with Gasteiger partial charge in [0.1, 0.15) is 37.1 Å². The maximum atomic E-state index is 16.1. The lowest BCUT2D eigenvalue weighted by molar-refractivity contribution is 0.0512. The zero-order chi connectivity index (χ0) is 39.5. The SMILES string of the molecule is COCOc1cc(-c2cc3nc([S+](C)[O-])nc(NCCO[Si](C)(C)C(C)(C)C)c3c(OC)n2)c2c(C#C[Si](C(C)C)(C(C)C)C(C)C)c(F)ccc2c1. The zero-order valence-corrected chi connectivity index (χ0v) is 36.7. The molecule has 288 valence electrons. The second kappa shape index (κ2) is 17.0. The van der Waals surface area contributed by atoms with E-state index >= 15 is 4.39 Å². The molecule has 0 radical (unpaired) electrons. The first-order valence-corrected chi connectivity index (χ1v) is 24.9. The number of nitrogens with one attached hydrogen (secondary N) is 1. The molecule has 4 rings (SSSR count). The maximum Gasteiger partial charge on any atom is 0.344 e. The van der Waals surface area contributed by atoms with Crippen molar-refractivity contribution in [2.45, 2.75) is 102 Å². The number of methoxy groups -OCH3 is 2. The Bertz CT molecular complexity index is 1970. The van der Waals surface area contributed by atoms with Gasteiger partial charge in [-0.05, 0) is 64.4 Å². The summed E-state index contributed by atoms with van der Waals surface area (Å²) < 4.78 is 52.4. The number of halogens is 1. The fourth-order valence-corrected chi connectivity index (χ4v) is 13.6. The second-order valence-corrected chi connectivity index (χ2v) is 27.6. The number of anilines is 1. The minimum Gasteiger partial charge on any atom is -0.609 e. The van der Waals surface area contributed by atoms with Gasteiger partial charge in [-0.3, -0.25) is 0 Å². The molecule has 1 N–H and O–H groups in total. The van der Waals surface area contributed by atoms with Crippen LogP contribution in [0.1, 0.15) is 67.9 Å². The van der Waals surface area contributed by atoms with Crippen LogP contribution in [0.25, 0.3) is 32.9 Å². The van der Waals surface area contributed by atoms with Gasteiger partial charge in [0.15, 0.2) is 15.1 Å². The molecule has 0 aliphatic carbocycles. The fourth-order valence-electron chi connectivity index (χ4n) is 6.88. The topological polar surface area (TPSA) is 111 Å². The Morgan fingerprint density at radius 3 is 2.17 bits per heavy atom. The Morgan fingerprint density at radius 1 is 0.943 bits per heavy atom. The van der Waals surface area contributed by atoms with E-state index < -0.39 is 33.4 Å². The molecular weight excluding hydrogens is 724 g/mol. The van der Waals surface area contributed by atoms with Gasteiger partial charge >= 0.3 is 5.16 Å². The minimum absolute atomic E-state index is 0.0195. The molecule has 0 spiro atoms. The van der Waals surface area contributed by atoms with Crippen molar-refractivity contribution in [3.63, 3.8) is 0 Å². The van der Waals surface area contributed by atoms with E-state index in [-0.39, 0.29) is 22.9 Å². The standard InChI is InChI=1S/C40H57FN4O5SSi2/c1-25(2)53(26(3)4,27(5)6)20-17-30-32(41)16-15-28-21-29(49-24-47-10)22-31(35(28)30)33-23-34-36(38(43-33)48-11)37(45-39(44-34)51(12)46)42-18-19-50-52(13,14)40(7,8)9/h15-16,21-23,25-27H,18-19,24H2,1-14H3,(H,42,44,45). The fraction of sp³-hybridized carbons (Fsp3) is 0.525. The highest BCUT2D eigenvalue weighted by atomic mass is 32.2. The first-order valence-electron chi connectivity index (χ1n) is 18.2. The van der Waals surface area contributed by atoms with E-state index in [9.17, 15) is 4.55 Å². The maximum absolute atomic E-state index is 16.1. The third-order valence-corrected chi connectivity index (χ3v) is 22.2. The zero-order valence-electron chi connectivity index (χ0n) is 33.9. The number of aromatic nitrogens is 3. The molecule has 0 amide bonds. The molecule has 2 aromatic heterocycles. The van der Waals surface area contributed by atoms with E-state index in [4.69, 9.17) is 28.6 Å². The lowest BCUT2D eigenvalue weighted by atomic mass is 9.96. The van der Waals surface area contributed by atoms with E-state index in [0.29, 0.717) is 74.5 Å².